The maximum atomic E-state index is 15.3. The molecule has 2 N–H and O–H groups in total. The van der Waals surface area contributed by atoms with Crippen LogP contribution < -0.4 is 15.6 Å². The zero-order valence-electron chi connectivity index (χ0n) is 22.0. The summed E-state index contributed by atoms with van der Waals surface area (Å²) in [5.74, 6) is -4.89. The van der Waals surface area contributed by atoms with Gasteiger partial charge in [-0.2, -0.15) is 13.2 Å². The van der Waals surface area contributed by atoms with E-state index in [-0.39, 0.29) is 62.7 Å². The number of rotatable bonds is 9. The number of nitrogens with zero attached hydrogens (tertiary/aromatic N) is 3. The Morgan fingerprint density at radius 3 is 2.27 bits per heavy atom. The Bertz CT molecular complexity index is 1380. The number of alkyl halides is 3. The Balaban J connectivity index is 1.69. The Morgan fingerprint density at radius 1 is 1.10 bits per heavy atom. The van der Waals surface area contributed by atoms with Crippen LogP contribution in [0.5, 0.6) is 0 Å². The topological polar surface area (TPSA) is 121 Å². The summed E-state index contributed by atoms with van der Waals surface area (Å²) in [6, 6.07) is 2.30. The number of anilines is 1. The minimum absolute atomic E-state index is 0.0211. The molecule has 2 aliphatic rings. The van der Waals surface area contributed by atoms with Gasteiger partial charge in [0, 0.05) is 50.2 Å². The molecular weight excluding hydrogens is 540 g/mol. The normalized spacial score (nSPS) is 17.9. The highest BCUT2D eigenvalue weighted by molar-refractivity contribution is 5.93. The first kappa shape index (κ1) is 29.3. The summed E-state index contributed by atoms with van der Waals surface area (Å²) in [6.07, 6.45) is -2.45. The minimum atomic E-state index is -5.22. The monoisotopic (exact) mass is 570 g/mol. The van der Waals surface area contributed by atoms with Crippen LogP contribution in [-0.2, 0) is 14.3 Å². The van der Waals surface area contributed by atoms with E-state index < -0.39 is 46.5 Å². The Hall–Kier alpha value is -3.68. The molecule has 1 aliphatic heterocycles. The fourth-order valence-electron chi connectivity index (χ4n) is 5.04. The molecule has 1 aromatic carbocycles. The van der Waals surface area contributed by atoms with Crippen LogP contribution in [0, 0.1) is 5.82 Å². The van der Waals surface area contributed by atoms with E-state index >= 15 is 4.39 Å². The van der Waals surface area contributed by atoms with Crippen molar-refractivity contribution in [2.24, 2.45) is 0 Å². The Kier molecular flexibility index (Phi) is 8.11. The van der Waals surface area contributed by atoms with Gasteiger partial charge in [0.15, 0.2) is 0 Å². The van der Waals surface area contributed by atoms with E-state index in [0.29, 0.717) is 5.52 Å². The maximum Gasteiger partial charge on any atom is 0.436 e. The number of ether oxygens (including phenoxy) is 1. The molecule has 10 nitrogen and oxygen atoms in total. The largest absolute Gasteiger partial charge is 0.477 e. The number of hydrogen-bond donors (Lipinski definition) is 2. The van der Waals surface area contributed by atoms with Gasteiger partial charge in [-0.05, 0) is 38.3 Å². The summed E-state index contributed by atoms with van der Waals surface area (Å²) >= 11 is 0. The summed E-state index contributed by atoms with van der Waals surface area (Å²) in [6.45, 7) is 1.57. The van der Waals surface area contributed by atoms with Crippen LogP contribution in [0.1, 0.15) is 55.9 Å². The zero-order valence-corrected chi connectivity index (χ0v) is 22.0. The fraction of sp³-hybridized carbons (Fsp3) is 0.538. The van der Waals surface area contributed by atoms with Crippen molar-refractivity contribution in [3.8, 4) is 0 Å². The van der Waals surface area contributed by atoms with E-state index in [9.17, 15) is 37.5 Å². The molecule has 1 aromatic heterocycles. The highest BCUT2D eigenvalue weighted by Gasteiger charge is 2.66. The highest BCUT2D eigenvalue weighted by atomic mass is 19.4. The molecule has 40 heavy (non-hydrogen) atoms. The zero-order chi connectivity index (χ0) is 29.4. The van der Waals surface area contributed by atoms with E-state index in [1.807, 2.05) is 5.32 Å². The Labute approximate surface area is 226 Å². The molecule has 1 unspecified atom stereocenters. The van der Waals surface area contributed by atoms with Crippen molar-refractivity contribution in [2.75, 3.05) is 37.7 Å². The van der Waals surface area contributed by atoms with Gasteiger partial charge in [-0.3, -0.25) is 14.5 Å². The predicted octanol–water partition coefficient (Wildman–Crippen LogP) is 3.03. The van der Waals surface area contributed by atoms with Crippen molar-refractivity contribution in [1.29, 1.82) is 0 Å². The third kappa shape index (κ3) is 5.23. The third-order valence-corrected chi connectivity index (χ3v) is 7.14. The molecule has 4 rings (SSSR count). The number of hydrogen-bond acceptors (Lipinski definition) is 7. The lowest BCUT2D eigenvalue weighted by atomic mass is 10.0. The lowest BCUT2D eigenvalue weighted by molar-refractivity contribution is -0.250. The maximum absolute atomic E-state index is 15.3. The number of carbonyl (C=O) groups excluding carboxylic acids is 2. The molecule has 1 atom stereocenters. The van der Waals surface area contributed by atoms with E-state index in [1.54, 1.807) is 11.5 Å². The number of aromatic nitrogens is 1. The second kappa shape index (κ2) is 11.1. The van der Waals surface area contributed by atoms with E-state index in [2.05, 4.69) is 0 Å². The number of halogens is 4. The third-order valence-electron chi connectivity index (χ3n) is 7.14. The first-order valence-corrected chi connectivity index (χ1v) is 13.0. The fourth-order valence-corrected chi connectivity index (χ4v) is 5.04. The molecule has 2 aromatic rings. The number of aromatic carboxylic acids is 1. The van der Waals surface area contributed by atoms with E-state index in [4.69, 9.17) is 4.74 Å². The van der Waals surface area contributed by atoms with Crippen LogP contribution in [0.3, 0.4) is 0 Å². The number of pyridine rings is 1. The summed E-state index contributed by atoms with van der Waals surface area (Å²) in [4.78, 5) is 51.7. The summed E-state index contributed by atoms with van der Waals surface area (Å²) in [7, 11) is 0. The number of piperazine rings is 1. The van der Waals surface area contributed by atoms with Gasteiger partial charge in [0.25, 0.3) is 5.66 Å². The van der Waals surface area contributed by atoms with Gasteiger partial charge < -0.3 is 24.6 Å². The van der Waals surface area contributed by atoms with Crippen molar-refractivity contribution in [3.63, 3.8) is 0 Å². The predicted molar refractivity (Wildman–Crippen MR) is 136 cm³/mol. The average Bonchev–Trinajstić information content (AvgIpc) is 3.72. The SMILES string of the molecule is CCCC(=O)NC(C(=O)OCC)(N1CCN(c2cc3c(cc2F)c(=O)c(C(=O)O)cn3C2CC2)CC1)C(F)(F)F. The molecule has 2 heterocycles. The first-order valence-electron chi connectivity index (χ1n) is 13.0. The van der Waals surface area contributed by atoms with Crippen molar-refractivity contribution in [2.45, 2.75) is 57.4 Å². The van der Waals surface area contributed by atoms with Gasteiger partial charge in [-0.1, -0.05) is 6.92 Å². The van der Waals surface area contributed by atoms with Gasteiger partial charge in [0.2, 0.25) is 11.3 Å². The molecule has 14 heteroatoms. The van der Waals surface area contributed by atoms with Crippen LogP contribution in [0.4, 0.5) is 23.2 Å². The molecule has 0 radical (unpaired) electrons. The van der Waals surface area contributed by atoms with Crippen molar-refractivity contribution < 1.29 is 41.8 Å². The number of carboxylic acids is 1. The minimum Gasteiger partial charge on any atom is -0.477 e. The van der Waals surface area contributed by atoms with Crippen molar-refractivity contribution >= 4 is 34.4 Å². The number of nitrogens with one attached hydrogen (secondary N) is 1. The average molecular weight is 571 g/mol. The van der Waals surface area contributed by atoms with Crippen molar-refractivity contribution in [3.05, 3.63) is 39.9 Å². The molecule has 218 valence electrons. The van der Waals surface area contributed by atoms with Crippen LogP contribution in [0.15, 0.2) is 23.1 Å². The van der Waals surface area contributed by atoms with Crippen LogP contribution in [-0.4, -0.2) is 77.0 Å². The Morgan fingerprint density at radius 2 is 1.75 bits per heavy atom. The number of esters is 1. The molecular formula is C26H30F4N4O6. The molecule has 0 spiro atoms. The second-order valence-corrected chi connectivity index (χ2v) is 9.84. The summed E-state index contributed by atoms with van der Waals surface area (Å²) < 4.78 is 65.3. The summed E-state index contributed by atoms with van der Waals surface area (Å²) in [5.41, 5.74) is -4.38. The van der Waals surface area contributed by atoms with Gasteiger partial charge in [-0.25, -0.2) is 14.0 Å². The van der Waals surface area contributed by atoms with Gasteiger partial charge in [0.1, 0.15) is 11.4 Å². The quantitative estimate of drug-likeness (QED) is 0.349. The number of fused-ring (bicyclic) bond motifs is 1. The van der Waals surface area contributed by atoms with Crippen LogP contribution >= 0.6 is 0 Å². The number of carboxylic acid groups (broad SMARTS) is 1. The summed E-state index contributed by atoms with van der Waals surface area (Å²) in [5, 5.41) is 11.2. The van der Waals surface area contributed by atoms with Gasteiger partial charge in [-0.15, -0.1) is 0 Å². The van der Waals surface area contributed by atoms with E-state index in [1.165, 1.54) is 24.1 Å². The highest BCUT2D eigenvalue weighted by Crippen LogP contribution is 2.39. The molecule has 1 amide bonds. The molecule has 0 bridgehead atoms. The second-order valence-electron chi connectivity index (χ2n) is 9.84. The molecule has 1 saturated heterocycles. The number of carbonyl (C=O) groups is 3. The van der Waals surface area contributed by atoms with Gasteiger partial charge >= 0.3 is 18.1 Å². The van der Waals surface area contributed by atoms with Crippen molar-refractivity contribution in [1.82, 2.24) is 14.8 Å². The standard InChI is InChI=1S/C26H30F4N4O6/c1-3-5-21(35)31-25(26(28,29)30,24(39)40-4-2)33-10-8-32(9-11-33)20-13-19-16(12-18(20)27)22(36)17(23(37)38)14-34(19)15-6-7-15/h12-15H,3-11H2,1-2H3,(H,31,35)(H,37,38). The number of amides is 1. The van der Waals surface area contributed by atoms with Crippen LogP contribution in [0.25, 0.3) is 10.9 Å². The van der Waals surface area contributed by atoms with E-state index in [0.717, 1.165) is 23.8 Å². The molecule has 1 aliphatic carbocycles. The molecule has 1 saturated carbocycles. The lowest BCUT2D eigenvalue weighted by Gasteiger charge is -2.46. The first-order chi connectivity index (χ1) is 18.8. The lowest BCUT2D eigenvalue weighted by Crippen LogP contribution is -2.75. The smallest absolute Gasteiger partial charge is 0.436 e. The molecule has 2 fully saturated rings. The number of benzene rings is 1. The van der Waals surface area contributed by atoms with Gasteiger partial charge in [0.05, 0.1) is 17.8 Å². The van der Waals surface area contributed by atoms with Crippen LogP contribution in [0.2, 0.25) is 0 Å².